The maximum Gasteiger partial charge on any atom is 0.261 e. The van der Waals surface area contributed by atoms with Gasteiger partial charge in [0.15, 0.2) is 6.61 Å². The number of carbonyl (C=O) groups is 2. The molecule has 0 saturated heterocycles. The van der Waals surface area contributed by atoms with E-state index < -0.39 is 6.04 Å². The highest BCUT2D eigenvalue weighted by Crippen LogP contribution is 2.26. The van der Waals surface area contributed by atoms with Gasteiger partial charge in [0.2, 0.25) is 5.91 Å². The molecular weight excluding hydrogens is 552 g/mol. The maximum absolute atomic E-state index is 13.9. The van der Waals surface area contributed by atoms with Crippen molar-refractivity contribution in [2.45, 2.75) is 76.9 Å². The number of halogens is 1. The van der Waals surface area contributed by atoms with Crippen LogP contribution in [0.25, 0.3) is 0 Å². The summed E-state index contributed by atoms with van der Waals surface area (Å²) in [4.78, 5) is 29.5. The third-order valence-electron chi connectivity index (χ3n) is 7.38. The molecule has 1 fully saturated rings. The molecule has 2 amide bonds. The molecule has 0 aliphatic heterocycles. The lowest BCUT2D eigenvalue weighted by molar-refractivity contribution is -0.143. The fraction of sp³-hybridized carbons (Fsp3) is 0.394. The Balaban J connectivity index is 1.62. The molecule has 0 heterocycles. The molecule has 0 radical (unpaired) electrons. The molecule has 1 aliphatic rings. The monoisotopic (exact) mass is 590 g/mol. The van der Waals surface area contributed by atoms with E-state index in [-0.39, 0.29) is 30.4 Å². The lowest BCUT2D eigenvalue weighted by Crippen LogP contribution is -2.53. The molecule has 6 heteroatoms. The molecular formula is C33H39BrN2O3. The number of hydrogen-bond donors (Lipinski definition) is 1. The number of benzene rings is 3. The Hall–Kier alpha value is -3.12. The van der Waals surface area contributed by atoms with Crippen LogP contribution in [0.15, 0.2) is 83.3 Å². The van der Waals surface area contributed by atoms with Crippen LogP contribution < -0.4 is 10.1 Å². The van der Waals surface area contributed by atoms with Crippen molar-refractivity contribution in [3.8, 4) is 5.75 Å². The van der Waals surface area contributed by atoms with Crippen molar-refractivity contribution in [3.63, 3.8) is 0 Å². The van der Waals surface area contributed by atoms with Gasteiger partial charge in [0.25, 0.3) is 5.91 Å². The van der Waals surface area contributed by atoms with Crippen LogP contribution in [-0.4, -0.2) is 35.4 Å². The Bertz CT molecular complexity index is 1210. The second kappa shape index (κ2) is 14.3. The van der Waals surface area contributed by atoms with Crippen molar-refractivity contribution >= 4 is 27.7 Å². The smallest absolute Gasteiger partial charge is 0.261 e. The Labute approximate surface area is 241 Å². The Kier molecular flexibility index (Phi) is 10.6. The number of ether oxygens (including phenoxy) is 1. The van der Waals surface area contributed by atoms with E-state index in [1.165, 1.54) is 6.42 Å². The fourth-order valence-electron chi connectivity index (χ4n) is 5.20. The van der Waals surface area contributed by atoms with E-state index in [4.69, 9.17) is 4.74 Å². The summed E-state index contributed by atoms with van der Waals surface area (Å²) in [6.07, 6.45) is 5.87. The van der Waals surface area contributed by atoms with Crippen molar-refractivity contribution in [1.29, 1.82) is 0 Å². The minimum atomic E-state index is -0.658. The molecule has 1 aliphatic carbocycles. The van der Waals surface area contributed by atoms with Gasteiger partial charge in [-0.15, -0.1) is 0 Å². The zero-order chi connectivity index (χ0) is 27.6. The van der Waals surface area contributed by atoms with Crippen molar-refractivity contribution in [2.24, 2.45) is 0 Å². The summed E-state index contributed by atoms with van der Waals surface area (Å²) in [6.45, 7) is 4.39. The molecule has 3 aromatic rings. The number of rotatable bonds is 11. The van der Waals surface area contributed by atoms with Crippen LogP contribution in [0.4, 0.5) is 0 Å². The van der Waals surface area contributed by atoms with Crippen LogP contribution in [0, 0.1) is 0 Å². The zero-order valence-corrected chi connectivity index (χ0v) is 24.5. The summed E-state index contributed by atoms with van der Waals surface area (Å²) >= 11 is 3.50. The quantitative estimate of drug-likeness (QED) is 0.260. The van der Waals surface area contributed by atoms with Gasteiger partial charge < -0.3 is 15.0 Å². The van der Waals surface area contributed by atoms with Gasteiger partial charge in [0.05, 0.1) is 0 Å². The average molecular weight is 592 g/mol. The molecule has 0 spiro atoms. The minimum Gasteiger partial charge on any atom is -0.483 e. The standard InChI is InChI=1S/C33H39BrN2O3/c1-24(2)29-15-9-10-16-31(29)39-23-32(37)36(22-26-17-19-27(34)20-18-26)30(21-25-11-5-3-6-12-25)33(38)35-28-13-7-4-8-14-28/h3,5-6,9-12,15-20,24,28,30H,4,7-8,13-14,21-23H2,1-2H3,(H,35,38). The molecule has 206 valence electrons. The van der Waals surface area contributed by atoms with E-state index in [2.05, 4.69) is 35.1 Å². The lowest BCUT2D eigenvalue weighted by Gasteiger charge is -2.33. The average Bonchev–Trinajstić information content (AvgIpc) is 2.95. The number of nitrogens with zero attached hydrogens (tertiary/aromatic N) is 1. The molecule has 1 unspecified atom stereocenters. The van der Waals surface area contributed by atoms with Gasteiger partial charge in [0.1, 0.15) is 11.8 Å². The van der Waals surface area contributed by atoms with Gasteiger partial charge >= 0.3 is 0 Å². The van der Waals surface area contributed by atoms with Crippen LogP contribution in [0.1, 0.15) is 68.6 Å². The topological polar surface area (TPSA) is 58.6 Å². The van der Waals surface area contributed by atoms with Crippen molar-refractivity contribution in [2.75, 3.05) is 6.61 Å². The molecule has 4 rings (SSSR count). The molecule has 0 bridgehead atoms. The zero-order valence-electron chi connectivity index (χ0n) is 22.9. The Morgan fingerprint density at radius 2 is 1.56 bits per heavy atom. The molecule has 1 N–H and O–H groups in total. The first-order chi connectivity index (χ1) is 18.9. The van der Waals surface area contributed by atoms with Gasteiger partial charge in [0, 0.05) is 23.5 Å². The number of nitrogens with one attached hydrogen (secondary N) is 1. The predicted octanol–water partition coefficient (Wildman–Crippen LogP) is 7.04. The Morgan fingerprint density at radius 3 is 2.26 bits per heavy atom. The number of amides is 2. The number of carbonyl (C=O) groups excluding carboxylic acids is 2. The van der Waals surface area contributed by atoms with Gasteiger partial charge in [-0.3, -0.25) is 9.59 Å². The van der Waals surface area contributed by atoms with Crippen molar-refractivity contribution in [1.82, 2.24) is 10.2 Å². The lowest BCUT2D eigenvalue weighted by atomic mass is 9.94. The van der Waals surface area contributed by atoms with E-state index in [0.29, 0.717) is 18.7 Å². The predicted molar refractivity (Wildman–Crippen MR) is 160 cm³/mol. The fourth-order valence-corrected chi connectivity index (χ4v) is 5.46. The third kappa shape index (κ3) is 8.43. The number of para-hydroxylation sites is 1. The van der Waals surface area contributed by atoms with Crippen LogP contribution in [0.5, 0.6) is 5.75 Å². The van der Waals surface area contributed by atoms with Crippen LogP contribution in [0.2, 0.25) is 0 Å². The summed E-state index contributed by atoms with van der Waals surface area (Å²) in [6, 6.07) is 25.1. The molecule has 1 atom stereocenters. The van der Waals surface area contributed by atoms with Gasteiger partial charge in [-0.2, -0.15) is 0 Å². The van der Waals surface area contributed by atoms with Crippen LogP contribution >= 0.6 is 15.9 Å². The normalized spacial score (nSPS) is 14.6. The summed E-state index contributed by atoms with van der Waals surface area (Å²) in [5.41, 5.74) is 3.03. The molecule has 3 aromatic carbocycles. The van der Waals surface area contributed by atoms with Gasteiger partial charge in [-0.25, -0.2) is 0 Å². The van der Waals surface area contributed by atoms with E-state index in [0.717, 1.165) is 46.8 Å². The molecule has 39 heavy (non-hydrogen) atoms. The van der Waals surface area contributed by atoms with Crippen LogP contribution in [0.3, 0.4) is 0 Å². The first kappa shape index (κ1) is 28.9. The highest BCUT2D eigenvalue weighted by molar-refractivity contribution is 9.10. The van der Waals surface area contributed by atoms with Crippen molar-refractivity contribution < 1.29 is 14.3 Å². The summed E-state index contributed by atoms with van der Waals surface area (Å²) in [5.74, 6) is 0.660. The SMILES string of the molecule is CC(C)c1ccccc1OCC(=O)N(Cc1ccc(Br)cc1)C(Cc1ccccc1)C(=O)NC1CCCCC1. The maximum atomic E-state index is 13.9. The van der Waals surface area contributed by atoms with E-state index in [9.17, 15) is 9.59 Å². The largest absolute Gasteiger partial charge is 0.483 e. The highest BCUT2D eigenvalue weighted by Gasteiger charge is 2.32. The van der Waals surface area contributed by atoms with Crippen LogP contribution in [-0.2, 0) is 22.6 Å². The Morgan fingerprint density at radius 1 is 0.897 bits per heavy atom. The second-order valence-electron chi connectivity index (χ2n) is 10.7. The van der Waals surface area contributed by atoms with E-state index >= 15 is 0 Å². The van der Waals surface area contributed by atoms with Gasteiger partial charge in [-0.1, -0.05) is 110 Å². The molecule has 1 saturated carbocycles. The third-order valence-corrected chi connectivity index (χ3v) is 7.91. The van der Waals surface area contributed by atoms with Gasteiger partial charge in [-0.05, 0) is 53.6 Å². The highest BCUT2D eigenvalue weighted by atomic mass is 79.9. The minimum absolute atomic E-state index is 0.0983. The summed E-state index contributed by atoms with van der Waals surface area (Å²) < 4.78 is 7.06. The first-order valence-corrected chi connectivity index (χ1v) is 14.8. The summed E-state index contributed by atoms with van der Waals surface area (Å²) in [5, 5.41) is 3.29. The first-order valence-electron chi connectivity index (χ1n) is 14.0. The van der Waals surface area contributed by atoms with E-state index in [1.54, 1.807) is 4.90 Å². The summed E-state index contributed by atoms with van der Waals surface area (Å²) in [7, 11) is 0. The second-order valence-corrected chi connectivity index (χ2v) is 11.6. The molecule has 5 nitrogen and oxygen atoms in total. The van der Waals surface area contributed by atoms with Crippen molar-refractivity contribution in [3.05, 3.63) is 100 Å². The number of hydrogen-bond acceptors (Lipinski definition) is 3. The molecule has 0 aromatic heterocycles. The van der Waals surface area contributed by atoms with E-state index in [1.807, 2.05) is 78.9 Å².